The van der Waals surface area contributed by atoms with Gasteiger partial charge in [0.25, 0.3) is 0 Å². The van der Waals surface area contributed by atoms with E-state index in [1.54, 1.807) is 0 Å². The Morgan fingerprint density at radius 1 is 0.489 bits per heavy atom. The summed E-state index contributed by atoms with van der Waals surface area (Å²) < 4.78 is 38.3. The summed E-state index contributed by atoms with van der Waals surface area (Å²) in [5.74, 6) is -5.06. The molecule has 0 aromatic heterocycles. The molecule has 4 aliphatic rings. The highest BCUT2D eigenvalue weighted by Crippen LogP contribution is 2.40. The van der Waals surface area contributed by atoms with E-state index in [9.17, 15) is 71.5 Å². The molecule has 4 heterocycles. The standard InChI is InChI=1S/C24H42O21/c25-1-7-11(30)14(33)16(35)21(40-7)42-18-10(4-28)41-22(17(36)15(18)34)45-24(20(38)13(32)9(3-27)44-24)6-39-23(5-29)19(37)12(31)8(2-26)43-23/h7-22,25-38H,1-6H2/t7-,8-,9-,10-,11+,12-,13-,14+,15-,16-,17-,18-,19+,20+,21-,22-,23-,24+/m1/s1. The number of hydrogen-bond donors (Lipinski definition) is 14. The van der Waals surface area contributed by atoms with Gasteiger partial charge in [-0.15, -0.1) is 0 Å². The Morgan fingerprint density at radius 2 is 0.978 bits per heavy atom. The lowest BCUT2D eigenvalue weighted by Crippen LogP contribution is -2.66. The van der Waals surface area contributed by atoms with Crippen LogP contribution in [-0.4, -0.2) is 221 Å². The molecule has 0 aliphatic carbocycles. The Kier molecular flexibility index (Phi) is 12.1. The van der Waals surface area contributed by atoms with Crippen LogP contribution in [0, 0.1) is 0 Å². The molecule has 21 heteroatoms. The molecule has 4 fully saturated rings. The molecule has 0 amide bonds. The molecular weight excluding hydrogens is 624 g/mol. The van der Waals surface area contributed by atoms with Crippen LogP contribution in [0.25, 0.3) is 0 Å². The van der Waals surface area contributed by atoms with Crippen LogP contribution in [0.15, 0.2) is 0 Å². The van der Waals surface area contributed by atoms with Gasteiger partial charge >= 0.3 is 0 Å². The zero-order chi connectivity index (χ0) is 33.4. The zero-order valence-electron chi connectivity index (χ0n) is 23.6. The monoisotopic (exact) mass is 666 g/mol. The maximum absolute atomic E-state index is 10.9. The third-order valence-corrected chi connectivity index (χ3v) is 8.39. The quantitative estimate of drug-likeness (QED) is 0.0919. The van der Waals surface area contributed by atoms with Crippen molar-refractivity contribution in [1.29, 1.82) is 0 Å². The van der Waals surface area contributed by atoms with Crippen LogP contribution in [0.4, 0.5) is 0 Å². The van der Waals surface area contributed by atoms with Crippen LogP contribution < -0.4 is 0 Å². The minimum atomic E-state index is -2.63. The molecule has 0 aromatic carbocycles. The molecule has 264 valence electrons. The second-order valence-corrected chi connectivity index (χ2v) is 11.2. The summed E-state index contributed by atoms with van der Waals surface area (Å²) in [4.78, 5) is 0. The minimum Gasteiger partial charge on any atom is -0.394 e. The maximum atomic E-state index is 10.9. The number of aliphatic hydroxyl groups excluding tert-OH is 14. The van der Waals surface area contributed by atoms with E-state index in [2.05, 4.69) is 0 Å². The van der Waals surface area contributed by atoms with E-state index in [0.717, 1.165) is 0 Å². The summed E-state index contributed by atoms with van der Waals surface area (Å²) in [6, 6.07) is 0. The van der Waals surface area contributed by atoms with Crippen molar-refractivity contribution in [3.05, 3.63) is 0 Å². The van der Waals surface area contributed by atoms with Crippen molar-refractivity contribution < 1.29 is 105 Å². The highest BCUT2D eigenvalue weighted by Gasteiger charge is 2.62. The predicted octanol–water partition coefficient (Wildman–Crippen LogP) is -9.75. The van der Waals surface area contributed by atoms with Crippen molar-refractivity contribution in [1.82, 2.24) is 0 Å². The van der Waals surface area contributed by atoms with E-state index in [1.807, 2.05) is 0 Å². The Hall–Kier alpha value is -0.840. The fourth-order valence-corrected chi connectivity index (χ4v) is 5.63. The van der Waals surface area contributed by atoms with Gasteiger partial charge in [-0.05, 0) is 0 Å². The van der Waals surface area contributed by atoms with Crippen LogP contribution in [0.5, 0.6) is 0 Å². The number of aliphatic hydroxyl groups is 14. The third kappa shape index (κ3) is 6.74. The topological polar surface area (TPSA) is 348 Å². The molecule has 0 unspecified atom stereocenters. The Bertz CT molecular complexity index is 945. The first-order valence-electron chi connectivity index (χ1n) is 14.0. The molecule has 14 N–H and O–H groups in total. The van der Waals surface area contributed by atoms with E-state index in [4.69, 9.17) is 33.2 Å². The van der Waals surface area contributed by atoms with Crippen molar-refractivity contribution in [3.8, 4) is 0 Å². The van der Waals surface area contributed by atoms with E-state index >= 15 is 0 Å². The molecule has 4 rings (SSSR count). The van der Waals surface area contributed by atoms with Gasteiger partial charge < -0.3 is 105 Å². The van der Waals surface area contributed by atoms with Crippen LogP contribution in [0.3, 0.4) is 0 Å². The highest BCUT2D eigenvalue weighted by atomic mass is 16.8. The lowest BCUT2D eigenvalue weighted by atomic mass is 9.96. The molecule has 4 aliphatic heterocycles. The molecule has 0 spiro atoms. The second-order valence-electron chi connectivity index (χ2n) is 11.2. The predicted molar refractivity (Wildman–Crippen MR) is 134 cm³/mol. The Morgan fingerprint density at radius 3 is 1.49 bits per heavy atom. The molecular formula is C24H42O21. The van der Waals surface area contributed by atoms with Crippen molar-refractivity contribution in [2.24, 2.45) is 0 Å². The van der Waals surface area contributed by atoms with Crippen molar-refractivity contribution in [3.63, 3.8) is 0 Å². The first kappa shape index (κ1) is 37.0. The van der Waals surface area contributed by atoms with Gasteiger partial charge in [0.1, 0.15) is 98.7 Å². The molecule has 0 saturated carbocycles. The summed E-state index contributed by atoms with van der Waals surface area (Å²) >= 11 is 0. The average Bonchev–Trinajstić information content (AvgIpc) is 3.43. The van der Waals surface area contributed by atoms with Gasteiger partial charge in [0.2, 0.25) is 11.6 Å². The summed E-state index contributed by atoms with van der Waals surface area (Å²) in [6.45, 7) is -5.64. The van der Waals surface area contributed by atoms with Gasteiger partial charge in [-0.3, -0.25) is 0 Å². The van der Waals surface area contributed by atoms with Gasteiger partial charge in [0, 0.05) is 0 Å². The van der Waals surface area contributed by atoms with Crippen LogP contribution in [-0.2, 0) is 33.2 Å². The van der Waals surface area contributed by atoms with Crippen LogP contribution >= 0.6 is 0 Å². The molecule has 18 atom stereocenters. The van der Waals surface area contributed by atoms with Gasteiger partial charge in [-0.2, -0.15) is 0 Å². The lowest BCUT2D eigenvalue weighted by molar-refractivity contribution is -0.409. The van der Waals surface area contributed by atoms with Gasteiger partial charge in [-0.1, -0.05) is 0 Å². The van der Waals surface area contributed by atoms with E-state index < -0.39 is 149 Å². The van der Waals surface area contributed by atoms with Gasteiger partial charge in [-0.25, -0.2) is 0 Å². The van der Waals surface area contributed by atoms with Crippen LogP contribution in [0.2, 0.25) is 0 Å². The van der Waals surface area contributed by atoms with E-state index in [1.165, 1.54) is 0 Å². The summed E-state index contributed by atoms with van der Waals surface area (Å²) in [5, 5.41) is 143. The van der Waals surface area contributed by atoms with E-state index in [-0.39, 0.29) is 0 Å². The Labute approximate surface area is 254 Å². The third-order valence-electron chi connectivity index (χ3n) is 8.39. The van der Waals surface area contributed by atoms with E-state index in [0.29, 0.717) is 0 Å². The zero-order valence-corrected chi connectivity index (χ0v) is 23.6. The number of hydrogen-bond acceptors (Lipinski definition) is 21. The van der Waals surface area contributed by atoms with Crippen molar-refractivity contribution in [2.45, 2.75) is 110 Å². The molecule has 0 bridgehead atoms. The molecule has 21 nitrogen and oxygen atoms in total. The van der Waals surface area contributed by atoms with Crippen molar-refractivity contribution in [2.75, 3.05) is 39.6 Å². The first-order chi connectivity index (χ1) is 21.2. The highest BCUT2D eigenvalue weighted by molar-refractivity contribution is 5.02. The normalized spacial score (nSPS) is 52.4. The fraction of sp³-hybridized carbons (Fsp3) is 1.00. The summed E-state index contributed by atoms with van der Waals surface area (Å²) in [5.41, 5.74) is 0. The minimum absolute atomic E-state index is 0.801. The average molecular weight is 667 g/mol. The first-order valence-corrected chi connectivity index (χ1v) is 14.0. The van der Waals surface area contributed by atoms with Gasteiger partial charge in [0.05, 0.1) is 26.4 Å². The Balaban J connectivity index is 1.55. The largest absolute Gasteiger partial charge is 0.394 e. The summed E-state index contributed by atoms with van der Waals surface area (Å²) in [6.07, 6.45) is -28.9. The van der Waals surface area contributed by atoms with Gasteiger partial charge in [0.15, 0.2) is 12.6 Å². The molecule has 4 saturated heterocycles. The smallest absolute Gasteiger partial charge is 0.224 e. The fourth-order valence-electron chi connectivity index (χ4n) is 5.63. The summed E-state index contributed by atoms with van der Waals surface area (Å²) in [7, 11) is 0. The number of ether oxygens (including phenoxy) is 7. The molecule has 45 heavy (non-hydrogen) atoms. The number of rotatable bonds is 12. The SMILES string of the molecule is OC[C@H]1O[C@H](O[C@H]2[C@H](O)[C@@H](O)[C@@H](O[C@]3(CO[C@]4(CO)O[C@H](CO)[C@@H](O)[C@@H]4O)O[C@H](CO)[C@@H](O)[C@@H]3O)O[C@@H]2CO)[C@H](O)[C@@H](O)[C@H]1O. The van der Waals surface area contributed by atoms with Crippen LogP contribution in [0.1, 0.15) is 0 Å². The maximum Gasteiger partial charge on any atom is 0.224 e. The van der Waals surface area contributed by atoms with Crippen molar-refractivity contribution >= 4 is 0 Å². The molecule has 0 radical (unpaired) electrons. The molecule has 0 aromatic rings. The lowest BCUT2D eigenvalue weighted by Gasteiger charge is -2.47. The second kappa shape index (κ2) is 14.7.